The number of hydrogen-bond acceptors (Lipinski definition) is 4. The molecule has 0 saturated heterocycles. The van der Waals surface area contributed by atoms with E-state index >= 15 is 0 Å². The van der Waals surface area contributed by atoms with Gasteiger partial charge in [0, 0.05) is 10.7 Å². The van der Waals surface area contributed by atoms with Crippen LogP contribution in [0, 0.1) is 20.8 Å². The fourth-order valence-electron chi connectivity index (χ4n) is 3.90. The van der Waals surface area contributed by atoms with Gasteiger partial charge in [0.25, 0.3) is 11.8 Å². The normalized spacial score (nSPS) is 13.7. The number of imide groups is 1. The molecule has 5 nitrogen and oxygen atoms in total. The van der Waals surface area contributed by atoms with E-state index in [1.807, 2.05) is 58.0 Å². The number of aryl methyl sites for hydroxylation is 3. The maximum absolute atomic E-state index is 13.6. The SMILES string of the molecule is CCOc1ccc(N2C(=O)C(Nc3ccc(C)c(Cl)c3)=C(c3ccc(C)cc3C)C2=O)cc1. The third-order valence-corrected chi connectivity index (χ3v) is 5.99. The van der Waals surface area contributed by atoms with Gasteiger partial charge < -0.3 is 10.1 Å². The number of hydrogen-bond donors (Lipinski definition) is 1. The van der Waals surface area contributed by atoms with Crippen molar-refractivity contribution in [2.75, 3.05) is 16.8 Å². The highest BCUT2D eigenvalue weighted by molar-refractivity contribution is 6.46. The van der Waals surface area contributed by atoms with Crippen molar-refractivity contribution in [1.29, 1.82) is 0 Å². The monoisotopic (exact) mass is 460 g/mol. The molecule has 0 fully saturated rings. The van der Waals surface area contributed by atoms with Crippen LogP contribution in [0.5, 0.6) is 5.75 Å². The van der Waals surface area contributed by atoms with Crippen molar-refractivity contribution >= 4 is 40.4 Å². The maximum Gasteiger partial charge on any atom is 0.282 e. The lowest BCUT2D eigenvalue weighted by atomic mass is 9.97. The van der Waals surface area contributed by atoms with Crippen LogP contribution in [0.3, 0.4) is 0 Å². The summed E-state index contributed by atoms with van der Waals surface area (Å²) in [5, 5.41) is 3.75. The first kappa shape index (κ1) is 22.6. The van der Waals surface area contributed by atoms with Gasteiger partial charge in [0.05, 0.1) is 17.9 Å². The molecule has 0 saturated carbocycles. The topological polar surface area (TPSA) is 58.6 Å². The molecular weight excluding hydrogens is 436 g/mol. The quantitative estimate of drug-likeness (QED) is 0.454. The zero-order valence-electron chi connectivity index (χ0n) is 19.0. The average molecular weight is 461 g/mol. The highest BCUT2D eigenvalue weighted by Gasteiger charge is 2.40. The first-order valence-corrected chi connectivity index (χ1v) is 11.1. The van der Waals surface area contributed by atoms with Crippen LogP contribution in [0.2, 0.25) is 5.02 Å². The summed E-state index contributed by atoms with van der Waals surface area (Å²) < 4.78 is 5.49. The van der Waals surface area contributed by atoms with Crippen LogP contribution in [0.25, 0.3) is 5.57 Å². The van der Waals surface area contributed by atoms with Crippen LogP contribution in [-0.2, 0) is 9.59 Å². The number of carbonyl (C=O) groups excluding carboxylic acids is 2. The van der Waals surface area contributed by atoms with Crippen LogP contribution in [0.15, 0.2) is 66.4 Å². The molecule has 0 unspecified atom stereocenters. The molecule has 1 heterocycles. The van der Waals surface area contributed by atoms with Crippen LogP contribution in [0.4, 0.5) is 11.4 Å². The summed E-state index contributed by atoms with van der Waals surface area (Å²) in [6.45, 7) is 8.27. The number of amides is 2. The fourth-order valence-corrected chi connectivity index (χ4v) is 4.08. The lowest BCUT2D eigenvalue weighted by molar-refractivity contribution is -0.120. The van der Waals surface area contributed by atoms with Gasteiger partial charge in [-0.3, -0.25) is 9.59 Å². The Morgan fingerprint density at radius 3 is 2.24 bits per heavy atom. The van der Waals surface area contributed by atoms with E-state index in [9.17, 15) is 9.59 Å². The first-order valence-electron chi connectivity index (χ1n) is 10.8. The molecule has 1 N–H and O–H groups in total. The van der Waals surface area contributed by atoms with Crippen LogP contribution in [-0.4, -0.2) is 18.4 Å². The summed E-state index contributed by atoms with van der Waals surface area (Å²) in [6, 6.07) is 18.2. The van der Waals surface area contributed by atoms with Crippen molar-refractivity contribution in [3.8, 4) is 5.75 Å². The zero-order chi connectivity index (χ0) is 23.7. The molecule has 3 aromatic carbocycles. The van der Waals surface area contributed by atoms with Gasteiger partial charge in [0.2, 0.25) is 0 Å². The molecular formula is C27H25ClN2O3. The Labute approximate surface area is 198 Å². The molecule has 6 heteroatoms. The minimum Gasteiger partial charge on any atom is -0.494 e. The van der Waals surface area contributed by atoms with Crippen molar-refractivity contribution < 1.29 is 14.3 Å². The van der Waals surface area contributed by atoms with Gasteiger partial charge in [-0.15, -0.1) is 0 Å². The Morgan fingerprint density at radius 1 is 0.879 bits per heavy atom. The third kappa shape index (κ3) is 4.37. The van der Waals surface area contributed by atoms with E-state index in [4.69, 9.17) is 16.3 Å². The van der Waals surface area contributed by atoms with E-state index in [1.165, 1.54) is 4.90 Å². The van der Waals surface area contributed by atoms with Gasteiger partial charge in [-0.2, -0.15) is 0 Å². The van der Waals surface area contributed by atoms with E-state index in [0.29, 0.717) is 39.9 Å². The second-order valence-electron chi connectivity index (χ2n) is 8.03. The second kappa shape index (κ2) is 9.12. The average Bonchev–Trinajstić information content (AvgIpc) is 3.01. The van der Waals surface area contributed by atoms with Crippen LogP contribution in [0.1, 0.15) is 29.2 Å². The van der Waals surface area contributed by atoms with Gasteiger partial charge in [-0.1, -0.05) is 41.4 Å². The molecule has 0 radical (unpaired) electrons. The highest BCUT2D eigenvalue weighted by atomic mass is 35.5. The lowest BCUT2D eigenvalue weighted by Crippen LogP contribution is -2.32. The molecule has 0 atom stereocenters. The van der Waals surface area contributed by atoms with Crippen molar-refractivity contribution in [3.05, 3.63) is 93.6 Å². The van der Waals surface area contributed by atoms with E-state index in [0.717, 1.165) is 16.7 Å². The molecule has 0 aromatic heterocycles. The van der Waals surface area contributed by atoms with Crippen molar-refractivity contribution in [3.63, 3.8) is 0 Å². The number of benzene rings is 3. The molecule has 33 heavy (non-hydrogen) atoms. The highest BCUT2D eigenvalue weighted by Crippen LogP contribution is 2.36. The summed E-state index contributed by atoms with van der Waals surface area (Å²) in [7, 11) is 0. The van der Waals surface area contributed by atoms with E-state index in [2.05, 4.69) is 5.32 Å². The number of carbonyl (C=O) groups is 2. The molecule has 0 aliphatic carbocycles. The Balaban J connectivity index is 1.81. The van der Waals surface area contributed by atoms with Crippen LogP contribution < -0.4 is 15.0 Å². The molecule has 168 valence electrons. The number of halogens is 1. The Morgan fingerprint density at radius 2 is 1.61 bits per heavy atom. The molecule has 3 aromatic rings. The summed E-state index contributed by atoms with van der Waals surface area (Å²) in [5.74, 6) is -0.122. The predicted molar refractivity (Wildman–Crippen MR) is 133 cm³/mol. The van der Waals surface area contributed by atoms with E-state index in [-0.39, 0.29) is 11.6 Å². The number of nitrogens with one attached hydrogen (secondary N) is 1. The Bertz CT molecular complexity index is 1280. The summed E-state index contributed by atoms with van der Waals surface area (Å²) in [6.07, 6.45) is 0. The number of ether oxygens (including phenoxy) is 1. The van der Waals surface area contributed by atoms with Gasteiger partial charge in [-0.25, -0.2) is 4.90 Å². The number of rotatable bonds is 6. The first-order chi connectivity index (χ1) is 15.8. The number of nitrogens with zero attached hydrogens (tertiary/aromatic N) is 1. The summed E-state index contributed by atoms with van der Waals surface area (Å²) in [5.41, 5.74) is 5.32. The predicted octanol–water partition coefficient (Wildman–Crippen LogP) is 6.06. The second-order valence-corrected chi connectivity index (χ2v) is 8.44. The minimum absolute atomic E-state index is 0.223. The molecule has 4 rings (SSSR count). The molecule has 2 amide bonds. The molecule has 1 aliphatic rings. The van der Waals surface area contributed by atoms with E-state index < -0.39 is 5.91 Å². The lowest BCUT2D eigenvalue weighted by Gasteiger charge is -2.16. The summed E-state index contributed by atoms with van der Waals surface area (Å²) >= 11 is 6.30. The van der Waals surface area contributed by atoms with Gasteiger partial charge >= 0.3 is 0 Å². The van der Waals surface area contributed by atoms with Crippen molar-refractivity contribution in [1.82, 2.24) is 0 Å². The van der Waals surface area contributed by atoms with Gasteiger partial charge in [0.1, 0.15) is 11.4 Å². The smallest absolute Gasteiger partial charge is 0.282 e. The zero-order valence-corrected chi connectivity index (χ0v) is 19.8. The standard InChI is InChI=1S/C27H25ClN2O3/c1-5-33-21-11-9-20(10-12-21)30-26(31)24(22-13-6-16(2)14-18(22)4)25(27(30)32)29-19-8-7-17(3)23(28)15-19/h6-15,29H,5H2,1-4H3. The minimum atomic E-state index is -0.421. The molecule has 0 spiro atoms. The van der Waals surface area contributed by atoms with Gasteiger partial charge in [-0.05, 0) is 80.8 Å². The number of anilines is 2. The van der Waals surface area contributed by atoms with Gasteiger partial charge in [0.15, 0.2) is 0 Å². The molecule has 0 bridgehead atoms. The van der Waals surface area contributed by atoms with E-state index in [1.54, 1.807) is 30.3 Å². The van der Waals surface area contributed by atoms with Crippen molar-refractivity contribution in [2.45, 2.75) is 27.7 Å². The van der Waals surface area contributed by atoms with Crippen molar-refractivity contribution in [2.24, 2.45) is 0 Å². The van der Waals surface area contributed by atoms with Crippen LogP contribution >= 0.6 is 11.6 Å². The third-order valence-electron chi connectivity index (χ3n) is 5.58. The summed E-state index contributed by atoms with van der Waals surface area (Å²) in [4.78, 5) is 28.4. The Hall–Kier alpha value is -3.57. The Kier molecular flexibility index (Phi) is 6.25. The molecule has 1 aliphatic heterocycles. The maximum atomic E-state index is 13.6. The largest absolute Gasteiger partial charge is 0.494 e. The fraction of sp³-hybridized carbons (Fsp3) is 0.185.